The fourth-order valence-corrected chi connectivity index (χ4v) is 2.34. The lowest BCUT2D eigenvalue weighted by Gasteiger charge is -2.08. The minimum Gasteiger partial charge on any atom is -0.314 e. The number of nitrogens with one attached hydrogen (secondary N) is 1. The molecule has 1 heteroatoms. The molecule has 19 heavy (non-hydrogen) atoms. The Kier molecular flexibility index (Phi) is 4.75. The molecular formula is C18H23N. The largest absolute Gasteiger partial charge is 0.314 e. The molecular weight excluding hydrogens is 230 g/mol. The molecule has 0 amide bonds. The van der Waals surface area contributed by atoms with Gasteiger partial charge < -0.3 is 5.32 Å². The molecule has 0 atom stereocenters. The molecule has 0 radical (unpaired) electrons. The van der Waals surface area contributed by atoms with Gasteiger partial charge in [0.2, 0.25) is 0 Å². The molecule has 2 rings (SSSR count). The van der Waals surface area contributed by atoms with Crippen LogP contribution in [-0.2, 0) is 0 Å². The van der Waals surface area contributed by atoms with Gasteiger partial charge in [-0.1, -0.05) is 62.4 Å². The molecule has 0 aliphatic heterocycles. The first-order valence-corrected chi connectivity index (χ1v) is 7.07. The third-order valence-corrected chi connectivity index (χ3v) is 3.36. The Morgan fingerprint density at radius 2 is 1.84 bits per heavy atom. The summed E-state index contributed by atoms with van der Waals surface area (Å²) in [4.78, 5) is 0. The molecule has 0 aliphatic carbocycles. The Labute approximate surface area is 116 Å². The third-order valence-electron chi connectivity index (χ3n) is 3.36. The molecule has 1 nitrogen and oxygen atoms in total. The van der Waals surface area contributed by atoms with Crippen LogP contribution < -0.4 is 5.32 Å². The zero-order valence-electron chi connectivity index (χ0n) is 12.1. The zero-order chi connectivity index (χ0) is 13.7. The highest BCUT2D eigenvalue weighted by atomic mass is 14.9. The third kappa shape index (κ3) is 3.68. The van der Waals surface area contributed by atoms with E-state index in [1.165, 1.54) is 21.9 Å². The fraction of sp³-hybridized carbons (Fsp3) is 0.333. The number of rotatable bonds is 5. The van der Waals surface area contributed by atoms with Gasteiger partial charge in [-0.15, -0.1) is 0 Å². The summed E-state index contributed by atoms with van der Waals surface area (Å²) >= 11 is 0. The van der Waals surface area contributed by atoms with Gasteiger partial charge in [-0.25, -0.2) is 0 Å². The van der Waals surface area contributed by atoms with Gasteiger partial charge in [0, 0.05) is 6.04 Å². The monoisotopic (exact) mass is 253 g/mol. The molecule has 0 aromatic heterocycles. The molecule has 0 unspecified atom stereocenters. The Morgan fingerprint density at radius 1 is 1.11 bits per heavy atom. The topological polar surface area (TPSA) is 12.0 Å². The van der Waals surface area contributed by atoms with E-state index < -0.39 is 0 Å². The van der Waals surface area contributed by atoms with Crippen LogP contribution in [0.4, 0.5) is 0 Å². The van der Waals surface area contributed by atoms with E-state index in [4.69, 9.17) is 0 Å². The van der Waals surface area contributed by atoms with Crippen molar-refractivity contribution in [3.8, 4) is 0 Å². The first kappa shape index (κ1) is 13.8. The Balaban J connectivity index is 2.17. The summed E-state index contributed by atoms with van der Waals surface area (Å²) in [6.07, 6.45) is 3.41. The van der Waals surface area contributed by atoms with Crippen LogP contribution in [0.3, 0.4) is 0 Å². The first-order chi connectivity index (χ1) is 9.18. The smallest absolute Gasteiger partial charge is 0.00105 e. The van der Waals surface area contributed by atoms with Crippen LogP contribution in [0, 0.1) is 0 Å². The standard InChI is InChI=1S/C18H23N/c1-14(2)19-13-7-8-15(3)17-12-6-10-16-9-4-5-11-18(16)17/h4-6,8-12,14,19H,7,13H2,1-3H3. The molecule has 0 aliphatic rings. The molecule has 0 saturated heterocycles. The minimum atomic E-state index is 0.561. The van der Waals surface area contributed by atoms with Crippen LogP contribution in [0.1, 0.15) is 32.8 Å². The lowest BCUT2D eigenvalue weighted by Crippen LogP contribution is -2.23. The summed E-state index contributed by atoms with van der Waals surface area (Å²) in [6.45, 7) is 7.61. The SMILES string of the molecule is CC(=CCCNC(C)C)c1cccc2ccccc12. The lowest BCUT2D eigenvalue weighted by atomic mass is 9.98. The number of benzene rings is 2. The van der Waals surface area contributed by atoms with Crippen molar-refractivity contribution in [1.29, 1.82) is 0 Å². The van der Waals surface area contributed by atoms with Crippen molar-refractivity contribution in [2.24, 2.45) is 0 Å². The first-order valence-electron chi connectivity index (χ1n) is 7.07. The van der Waals surface area contributed by atoms with Gasteiger partial charge in [0.25, 0.3) is 0 Å². The van der Waals surface area contributed by atoms with E-state index in [1.54, 1.807) is 0 Å². The molecule has 1 N–H and O–H groups in total. The maximum absolute atomic E-state index is 3.44. The van der Waals surface area contributed by atoms with Crippen LogP contribution in [0.5, 0.6) is 0 Å². The maximum Gasteiger partial charge on any atom is 0.00105 e. The highest BCUT2D eigenvalue weighted by Crippen LogP contribution is 2.24. The van der Waals surface area contributed by atoms with Crippen molar-refractivity contribution >= 4 is 16.3 Å². The molecule has 0 saturated carbocycles. The molecule has 0 spiro atoms. The van der Waals surface area contributed by atoms with Crippen LogP contribution in [0.25, 0.3) is 16.3 Å². The second kappa shape index (κ2) is 6.53. The Hall–Kier alpha value is -1.60. The van der Waals surface area contributed by atoms with E-state index in [9.17, 15) is 0 Å². The average molecular weight is 253 g/mol. The quantitative estimate of drug-likeness (QED) is 0.766. The number of fused-ring (bicyclic) bond motifs is 1. The maximum atomic E-state index is 3.44. The average Bonchev–Trinajstić information content (AvgIpc) is 2.42. The van der Waals surface area contributed by atoms with Crippen molar-refractivity contribution in [3.05, 3.63) is 54.1 Å². The van der Waals surface area contributed by atoms with Gasteiger partial charge in [-0.2, -0.15) is 0 Å². The van der Waals surface area contributed by atoms with Gasteiger partial charge in [-0.05, 0) is 41.8 Å². The summed E-state index contributed by atoms with van der Waals surface area (Å²) in [6, 6.07) is 15.7. The normalized spacial score (nSPS) is 12.3. The summed E-state index contributed by atoms with van der Waals surface area (Å²) in [7, 11) is 0. The summed E-state index contributed by atoms with van der Waals surface area (Å²) in [5, 5.41) is 6.10. The van der Waals surface area contributed by atoms with Crippen molar-refractivity contribution in [3.63, 3.8) is 0 Å². The van der Waals surface area contributed by atoms with Crippen molar-refractivity contribution in [2.45, 2.75) is 33.2 Å². The number of allylic oxidation sites excluding steroid dienone is 1. The number of hydrogen-bond acceptors (Lipinski definition) is 1. The fourth-order valence-electron chi connectivity index (χ4n) is 2.34. The molecule has 2 aromatic rings. The second-order valence-electron chi connectivity index (χ2n) is 5.31. The lowest BCUT2D eigenvalue weighted by molar-refractivity contribution is 0.595. The van der Waals surface area contributed by atoms with Crippen LogP contribution in [-0.4, -0.2) is 12.6 Å². The van der Waals surface area contributed by atoms with E-state index in [-0.39, 0.29) is 0 Å². The summed E-state index contributed by atoms with van der Waals surface area (Å²) < 4.78 is 0. The predicted molar refractivity (Wildman–Crippen MR) is 85.4 cm³/mol. The van der Waals surface area contributed by atoms with Crippen molar-refractivity contribution in [2.75, 3.05) is 6.54 Å². The number of hydrogen-bond donors (Lipinski definition) is 1. The Morgan fingerprint density at radius 3 is 2.63 bits per heavy atom. The van der Waals surface area contributed by atoms with Gasteiger partial charge in [0.05, 0.1) is 0 Å². The molecule has 0 fully saturated rings. The highest BCUT2D eigenvalue weighted by molar-refractivity contribution is 5.93. The van der Waals surface area contributed by atoms with Gasteiger partial charge in [-0.3, -0.25) is 0 Å². The zero-order valence-corrected chi connectivity index (χ0v) is 12.1. The summed E-state index contributed by atoms with van der Waals surface area (Å²) in [5.74, 6) is 0. The summed E-state index contributed by atoms with van der Waals surface area (Å²) in [5.41, 5.74) is 2.71. The van der Waals surface area contributed by atoms with Crippen molar-refractivity contribution in [1.82, 2.24) is 5.32 Å². The highest BCUT2D eigenvalue weighted by Gasteiger charge is 2.01. The molecule has 0 bridgehead atoms. The van der Waals surface area contributed by atoms with E-state index in [2.05, 4.69) is 74.6 Å². The predicted octanol–water partition coefficient (Wildman–Crippen LogP) is 4.63. The second-order valence-corrected chi connectivity index (χ2v) is 5.31. The van der Waals surface area contributed by atoms with Gasteiger partial charge in [0.1, 0.15) is 0 Å². The Bertz CT molecular complexity index is 561. The van der Waals surface area contributed by atoms with E-state index >= 15 is 0 Å². The van der Waals surface area contributed by atoms with E-state index in [1.807, 2.05) is 0 Å². The van der Waals surface area contributed by atoms with Gasteiger partial charge >= 0.3 is 0 Å². The van der Waals surface area contributed by atoms with Crippen LogP contribution >= 0.6 is 0 Å². The van der Waals surface area contributed by atoms with E-state index in [0.29, 0.717) is 6.04 Å². The van der Waals surface area contributed by atoms with Crippen LogP contribution in [0.2, 0.25) is 0 Å². The minimum absolute atomic E-state index is 0.561. The van der Waals surface area contributed by atoms with Gasteiger partial charge in [0.15, 0.2) is 0 Å². The van der Waals surface area contributed by atoms with Crippen LogP contribution in [0.15, 0.2) is 48.5 Å². The molecule has 100 valence electrons. The van der Waals surface area contributed by atoms with E-state index in [0.717, 1.165) is 13.0 Å². The van der Waals surface area contributed by atoms with Crippen molar-refractivity contribution < 1.29 is 0 Å². The molecule has 2 aromatic carbocycles. The molecule has 0 heterocycles.